The highest BCUT2D eigenvalue weighted by molar-refractivity contribution is 6.01. The van der Waals surface area contributed by atoms with Crippen molar-refractivity contribution in [2.75, 3.05) is 6.61 Å². The number of ketones is 2. The van der Waals surface area contributed by atoms with Gasteiger partial charge in [0.15, 0.2) is 17.4 Å². The van der Waals surface area contributed by atoms with Crippen molar-refractivity contribution >= 4 is 11.6 Å². The molecule has 182 valence electrons. The Labute approximate surface area is 192 Å². The zero-order valence-corrected chi connectivity index (χ0v) is 20.5. The Hall–Kier alpha value is -1.34. The lowest BCUT2D eigenvalue weighted by atomic mass is 9.46. The molecule has 4 rings (SSSR count). The Bertz CT molecular complexity index is 757. The van der Waals surface area contributed by atoms with Crippen LogP contribution in [0, 0.1) is 34.5 Å². The predicted octanol–water partition coefficient (Wildman–Crippen LogP) is 3.18. The third kappa shape index (κ3) is 5.09. The SMILES string of the molecule is CC.CC(C)(O)O.CC12C=CC(=O)C=C1CCC1C2C(O)CC2(C)C(C(=O)CO)CCC12. The van der Waals surface area contributed by atoms with Gasteiger partial charge < -0.3 is 20.4 Å². The molecule has 6 nitrogen and oxygen atoms in total. The molecule has 0 aliphatic heterocycles. The molecule has 0 aromatic rings. The van der Waals surface area contributed by atoms with Gasteiger partial charge in [-0.05, 0) is 75.4 Å². The van der Waals surface area contributed by atoms with Crippen molar-refractivity contribution in [2.24, 2.45) is 34.5 Å². The minimum absolute atomic E-state index is 0.0514. The molecule has 7 unspecified atom stereocenters. The van der Waals surface area contributed by atoms with E-state index < -0.39 is 18.5 Å². The van der Waals surface area contributed by atoms with E-state index >= 15 is 0 Å². The first-order valence-electron chi connectivity index (χ1n) is 12.0. The van der Waals surface area contributed by atoms with E-state index in [-0.39, 0.29) is 34.2 Å². The maximum Gasteiger partial charge on any atom is 0.178 e. The van der Waals surface area contributed by atoms with Gasteiger partial charge in [0.1, 0.15) is 6.61 Å². The minimum Gasteiger partial charge on any atom is -0.393 e. The van der Waals surface area contributed by atoms with Crippen LogP contribution in [0.4, 0.5) is 0 Å². The fourth-order valence-electron chi connectivity index (χ4n) is 6.96. The first-order valence-corrected chi connectivity index (χ1v) is 12.0. The normalized spacial score (nSPS) is 39.9. The number of aliphatic hydroxyl groups excluding tert-OH is 2. The fraction of sp³-hybridized carbons (Fsp3) is 0.769. The summed E-state index contributed by atoms with van der Waals surface area (Å²) in [5, 5.41) is 36.6. The minimum atomic E-state index is -1.50. The van der Waals surface area contributed by atoms with Crippen LogP contribution in [-0.4, -0.2) is 50.5 Å². The molecule has 0 spiro atoms. The van der Waals surface area contributed by atoms with E-state index in [1.165, 1.54) is 13.8 Å². The van der Waals surface area contributed by atoms with Gasteiger partial charge in [0, 0.05) is 17.3 Å². The summed E-state index contributed by atoms with van der Waals surface area (Å²) in [5.74, 6) is -0.766. The number of hydrogen-bond donors (Lipinski definition) is 4. The van der Waals surface area contributed by atoms with Gasteiger partial charge in [-0.1, -0.05) is 39.3 Å². The first-order chi connectivity index (χ1) is 14.8. The van der Waals surface area contributed by atoms with Crippen molar-refractivity contribution in [1.82, 2.24) is 0 Å². The molecule has 4 aliphatic carbocycles. The lowest BCUT2D eigenvalue weighted by Crippen LogP contribution is -2.56. The Kier molecular flexibility index (Phi) is 8.31. The summed E-state index contributed by atoms with van der Waals surface area (Å²) in [7, 11) is 0. The monoisotopic (exact) mass is 450 g/mol. The van der Waals surface area contributed by atoms with Crippen LogP contribution in [0.3, 0.4) is 0 Å². The van der Waals surface area contributed by atoms with E-state index in [0.717, 1.165) is 31.3 Å². The summed E-state index contributed by atoms with van der Waals surface area (Å²) in [6, 6.07) is 0. The zero-order chi connectivity index (χ0) is 24.5. The van der Waals surface area contributed by atoms with Gasteiger partial charge in [-0.3, -0.25) is 9.59 Å². The third-order valence-electron chi connectivity index (χ3n) is 8.04. The molecule has 3 fully saturated rings. The Morgan fingerprint density at radius 1 is 1.16 bits per heavy atom. The molecule has 4 aliphatic rings. The third-order valence-corrected chi connectivity index (χ3v) is 8.04. The number of Topliss-reactive ketones (excluding diaryl/α,β-unsaturated/α-hetero) is 1. The van der Waals surface area contributed by atoms with Crippen molar-refractivity contribution in [1.29, 1.82) is 0 Å². The quantitative estimate of drug-likeness (QED) is 0.481. The summed E-state index contributed by atoms with van der Waals surface area (Å²) in [6.07, 6.45) is 9.25. The van der Waals surface area contributed by atoms with Gasteiger partial charge in [-0.2, -0.15) is 0 Å². The molecule has 32 heavy (non-hydrogen) atoms. The molecule has 0 aromatic heterocycles. The number of carbonyl (C=O) groups excluding carboxylic acids is 2. The molecule has 3 saturated carbocycles. The summed E-state index contributed by atoms with van der Waals surface area (Å²) in [6.45, 7) is 10.5. The molecule has 7 atom stereocenters. The van der Waals surface area contributed by atoms with Crippen molar-refractivity contribution in [2.45, 2.75) is 85.5 Å². The van der Waals surface area contributed by atoms with Gasteiger partial charge in [0.25, 0.3) is 0 Å². The van der Waals surface area contributed by atoms with E-state index in [2.05, 4.69) is 13.8 Å². The Balaban J connectivity index is 0.000000460. The lowest BCUT2D eigenvalue weighted by molar-refractivity contribution is -0.141. The van der Waals surface area contributed by atoms with Gasteiger partial charge in [0.2, 0.25) is 0 Å². The number of fused-ring (bicyclic) bond motifs is 5. The molecule has 0 saturated heterocycles. The van der Waals surface area contributed by atoms with Crippen molar-refractivity contribution in [3.05, 3.63) is 23.8 Å². The van der Waals surface area contributed by atoms with Crippen LogP contribution in [0.25, 0.3) is 0 Å². The molecule has 6 heteroatoms. The molecule has 0 amide bonds. The maximum atomic E-state index is 12.3. The lowest BCUT2D eigenvalue weighted by Gasteiger charge is -2.58. The van der Waals surface area contributed by atoms with E-state index in [9.17, 15) is 19.8 Å². The Morgan fingerprint density at radius 2 is 1.75 bits per heavy atom. The van der Waals surface area contributed by atoms with E-state index in [0.29, 0.717) is 18.3 Å². The summed E-state index contributed by atoms with van der Waals surface area (Å²) in [4.78, 5) is 24.1. The van der Waals surface area contributed by atoms with Crippen LogP contribution < -0.4 is 0 Å². The molecule has 0 aromatic carbocycles. The molecular weight excluding hydrogens is 408 g/mol. The van der Waals surface area contributed by atoms with Crippen LogP contribution in [0.1, 0.15) is 73.6 Å². The molecular formula is C26H42O6. The largest absolute Gasteiger partial charge is 0.393 e. The number of carbonyl (C=O) groups is 2. The van der Waals surface area contributed by atoms with Gasteiger partial charge in [0.05, 0.1) is 6.10 Å². The fourth-order valence-corrected chi connectivity index (χ4v) is 6.96. The highest BCUT2D eigenvalue weighted by atomic mass is 16.5. The van der Waals surface area contributed by atoms with Crippen LogP contribution in [-0.2, 0) is 9.59 Å². The predicted molar refractivity (Wildman–Crippen MR) is 123 cm³/mol. The molecule has 0 bridgehead atoms. The second-order valence-electron chi connectivity index (χ2n) is 10.5. The smallest absolute Gasteiger partial charge is 0.178 e. The average molecular weight is 451 g/mol. The summed E-state index contributed by atoms with van der Waals surface area (Å²) < 4.78 is 0. The summed E-state index contributed by atoms with van der Waals surface area (Å²) >= 11 is 0. The maximum absolute atomic E-state index is 12.3. The molecule has 0 heterocycles. The number of aliphatic hydroxyl groups is 4. The molecule has 0 radical (unpaired) electrons. The molecule has 4 N–H and O–H groups in total. The Morgan fingerprint density at radius 3 is 2.31 bits per heavy atom. The van der Waals surface area contributed by atoms with Crippen molar-refractivity contribution in [3.63, 3.8) is 0 Å². The van der Waals surface area contributed by atoms with Crippen LogP contribution >= 0.6 is 0 Å². The average Bonchev–Trinajstić information content (AvgIpc) is 3.04. The van der Waals surface area contributed by atoms with E-state index in [4.69, 9.17) is 10.2 Å². The number of rotatable bonds is 2. The van der Waals surface area contributed by atoms with E-state index in [1.807, 2.05) is 19.9 Å². The first kappa shape index (κ1) is 26.9. The highest BCUT2D eigenvalue weighted by Gasteiger charge is 2.62. The van der Waals surface area contributed by atoms with Crippen LogP contribution in [0.15, 0.2) is 23.8 Å². The van der Waals surface area contributed by atoms with Crippen molar-refractivity contribution < 1.29 is 30.0 Å². The van der Waals surface area contributed by atoms with Crippen LogP contribution in [0.5, 0.6) is 0 Å². The van der Waals surface area contributed by atoms with E-state index in [1.54, 1.807) is 12.2 Å². The second kappa shape index (κ2) is 9.88. The standard InChI is InChI=1S/C21H28O4.C3H8O2.C2H6/c1-20-8-7-13(23)9-12(20)3-4-14-15-5-6-16(18(25)11-22)21(15,2)10-17(24)19(14)20;1-3(2,4)5;1-2/h7-9,14-17,19,22,24H,3-6,10-11H2,1-2H3;4-5H,1-2H3;1-2H3. The highest BCUT2D eigenvalue weighted by Crippen LogP contribution is 2.66. The number of hydrogen-bond acceptors (Lipinski definition) is 6. The zero-order valence-electron chi connectivity index (χ0n) is 20.5. The second-order valence-corrected chi connectivity index (χ2v) is 10.5. The summed E-state index contributed by atoms with van der Waals surface area (Å²) in [5.41, 5.74) is 0.688. The number of allylic oxidation sites excluding steroid dienone is 4. The van der Waals surface area contributed by atoms with Crippen molar-refractivity contribution in [3.8, 4) is 0 Å². The topological polar surface area (TPSA) is 115 Å². The van der Waals surface area contributed by atoms with Gasteiger partial charge >= 0.3 is 0 Å². The van der Waals surface area contributed by atoms with Gasteiger partial charge in [-0.25, -0.2) is 0 Å². The van der Waals surface area contributed by atoms with Gasteiger partial charge in [-0.15, -0.1) is 0 Å². The van der Waals surface area contributed by atoms with Crippen LogP contribution in [0.2, 0.25) is 0 Å².